The molecule has 0 bridgehead atoms. The van der Waals surface area contributed by atoms with Crippen LogP contribution in [0.3, 0.4) is 0 Å². The number of benzene rings is 1. The number of anilines is 1. The SMILES string of the molecule is COc1ccc(CN(C)CC(=O)N2CCN(c3ncccn3)CC2)cc1. The molecular formula is C19H25N5O2. The molecule has 1 saturated heterocycles. The Kier molecular flexibility index (Phi) is 6.01. The molecular weight excluding hydrogens is 330 g/mol. The van der Waals surface area contributed by atoms with Gasteiger partial charge in [-0.1, -0.05) is 12.1 Å². The molecule has 0 saturated carbocycles. The van der Waals surface area contributed by atoms with Crippen LogP contribution >= 0.6 is 0 Å². The summed E-state index contributed by atoms with van der Waals surface area (Å²) in [5.41, 5.74) is 1.16. The topological polar surface area (TPSA) is 61.8 Å². The van der Waals surface area contributed by atoms with Crippen LogP contribution in [0.2, 0.25) is 0 Å². The minimum Gasteiger partial charge on any atom is -0.497 e. The molecule has 1 fully saturated rings. The minimum atomic E-state index is 0.162. The number of rotatable bonds is 6. The number of carbonyl (C=O) groups is 1. The number of methoxy groups -OCH3 is 1. The van der Waals surface area contributed by atoms with Gasteiger partial charge in [0.2, 0.25) is 11.9 Å². The van der Waals surface area contributed by atoms with Crippen LogP contribution in [0.25, 0.3) is 0 Å². The van der Waals surface area contributed by atoms with Gasteiger partial charge in [-0.3, -0.25) is 9.69 Å². The van der Waals surface area contributed by atoms with Crippen LogP contribution in [0.4, 0.5) is 5.95 Å². The molecule has 7 heteroatoms. The highest BCUT2D eigenvalue weighted by Gasteiger charge is 2.23. The van der Waals surface area contributed by atoms with E-state index < -0.39 is 0 Å². The molecule has 0 radical (unpaired) electrons. The molecule has 7 nitrogen and oxygen atoms in total. The number of aromatic nitrogens is 2. The van der Waals surface area contributed by atoms with E-state index in [4.69, 9.17) is 4.74 Å². The summed E-state index contributed by atoms with van der Waals surface area (Å²) >= 11 is 0. The van der Waals surface area contributed by atoms with Crippen LogP contribution < -0.4 is 9.64 Å². The summed E-state index contributed by atoms with van der Waals surface area (Å²) in [7, 11) is 3.62. The highest BCUT2D eigenvalue weighted by atomic mass is 16.5. The Morgan fingerprint density at radius 2 is 1.77 bits per heavy atom. The molecule has 0 spiro atoms. The Labute approximate surface area is 154 Å². The van der Waals surface area contributed by atoms with E-state index in [1.807, 2.05) is 47.2 Å². The molecule has 1 aromatic carbocycles. The summed E-state index contributed by atoms with van der Waals surface area (Å²) in [5.74, 6) is 1.73. The molecule has 0 N–H and O–H groups in total. The second-order valence-corrected chi connectivity index (χ2v) is 6.44. The van der Waals surface area contributed by atoms with Crippen molar-refractivity contribution in [3.63, 3.8) is 0 Å². The van der Waals surface area contributed by atoms with Crippen molar-refractivity contribution >= 4 is 11.9 Å². The number of amides is 1. The molecule has 2 aromatic rings. The van der Waals surface area contributed by atoms with Gasteiger partial charge in [0.1, 0.15) is 5.75 Å². The lowest BCUT2D eigenvalue weighted by Gasteiger charge is -2.35. The molecule has 1 aliphatic heterocycles. The maximum absolute atomic E-state index is 12.6. The van der Waals surface area contributed by atoms with E-state index in [2.05, 4.69) is 14.9 Å². The zero-order valence-electron chi connectivity index (χ0n) is 15.3. The van der Waals surface area contributed by atoms with E-state index >= 15 is 0 Å². The van der Waals surface area contributed by atoms with Gasteiger partial charge >= 0.3 is 0 Å². The summed E-state index contributed by atoms with van der Waals surface area (Å²) in [6.07, 6.45) is 3.49. The summed E-state index contributed by atoms with van der Waals surface area (Å²) in [6, 6.07) is 9.74. The number of likely N-dealkylation sites (N-methyl/N-ethyl adjacent to an activating group) is 1. The van der Waals surface area contributed by atoms with E-state index in [1.165, 1.54) is 0 Å². The van der Waals surface area contributed by atoms with E-state index in [0.29, 0.717) is 19.6 Å². The monoisotopic (exact) mass is 355 g/mol. The van der Waals surface area contributed by atoms with Crippen LogP contribution in [-0.4, -0.2) is 72.6 Å². The predicted octanol–water partition coefficient (Wildman–Crippen LogP) is 1.27. The first-order valence-corrected chi connectivity index (χ1v) is 8.77. The fourth-order valence-electron chi connectivity index (χ4n) is 3.04. The second kappa shape index (κ2) is 8.62. The average molecular weight is 355 g/mol. The number of ether oxygens (including phenoxy) is 1. The highest BCUT2D eigenvalue weighted by molar-refractivity contribution is 5.78. The Morgan fingerprint density at radius 1 is 1.12 bits per heavy atom. The lowest BCUT2D eigenvalue weighted by atomic mass is 10.2. The third-order valence-corrected chi connectivity index (χ3v) is 4.48. The molecule has 0 atom stereocenters. The van der Waals surface area contributed by atoms with Gasteiger partial charge in [0.25, 0.3) is 0 Å². The van der Waals surface area contributed by atoms with E-state index in [9.17, 15) is 4.79 Å². The third kappa shape index (κ3) is 4.70. The van der Waals surface area contributed by atoms with Crippen LogP contribution in [0, 0.1) is 0 Å². The van der Waals surface area contributed by atoms with Crippen molar-refractivity contribution in [1.82, 2.24) is 19.8 Å². The third-order valence-electron chi connectivity index (χ3n) is 4.48. The standard InChI is InChI=1S/C19H25N5O2/c1-22(14-16-4-6-17(26-2)7-5-16)15-18(25)23-10-12-24(13-11-23)19-20-8-3-9-21-19/h3-9H,10-15H2,1-2H3. The molecule has 2 heterocycles. The fraction of sp³-hybridized carbons (Fsp3) is 0.421. The van der Waals surface area contributed by atoms with Gasteiger partial charge in [0.15, 0.2) is 0 Å². The quantitative estimate of drug-likeness (QED) is 0.778. The highest BCUT2D eigenvalue weighted by Crippen LogP contribution is 2.13. The van der Waals surface area contributed by atoms with Gasteiger partial charge in [-0.25, -0.2) is 9.97 Å². The van der Waals surface area contributed by atoms with Crippen LogP contribution in [0.1, 0.15) is 5.56 Å². The van der Waals surface area contributed by atoms with Crippen molar-refractivity contribution in [3.8, 4) is 5.75 Å². The van der Waals surface area contributed by atoms with Crippen molar-refractivity contribution < 1.29 is 9.53 Å². The van der Waals surface area contributed by atoms with Gasteiger partial charge in [-0.05, 0) is 30.8 Å². The van der Waals surface area contributed by atoms with Gasteiger partial charge in [-0.2, -0.15) is 0 Å². The molecule has 3 rings (SSSR count). The smallest absolute Gasteiger partial charge is 0.236 e. The maximum atomic E-state index is 12.6. The molecule has 26 heavy (non-hydrogen) atoms. The fourth-order valence-corrected chi connectivity index (χ4v) is 3.04. The summed E-state index contributed by atoms with van der Waals surface area (Å²) in [6.45, 7) is 4.07. The Morgan fingerprint density at radius 3 is 2.38 bits per heavy atom. The van der Waals surface area contributed by atoms with Crippen molar-refractivity contribution in [2.75, 3.05) is 51.8 Å². The first-order chi connectivity index (χ1) is 12.7. The molecule has 0 aliphatic carbocycles. The van der Waals surface area contributed by atoms with Crippen molar-refractivity contribution in [2.45, 2.75) is 6.54 Å². The van der Waals surface area contributed by atoms with Gasteiger partial charge < -0.3 is 14.5 Å². The van der Waals surface area contributed by atoms with Crippen LogP contribution in [0.15, 0.2) is 42.7 Å². The second-order valence-electron chi connectivity index (χ2n) is 6.44. The first-order valence-electron chi connectivity index (χ1n) is 8.77. The largest absolute Gasteiger partial charge is 0.497 e. The zero-order chi connectivity index (χ0) is 18.4. The van der Waals surface area contributed by atoms with E-state index in [-0.39, 0.29) is 5.91 Å². The predicted molar refractivity (Wildman–Crippen MR) is 100 cm³/mol. The number of carbonyl (C=O) groups excluding carboxylic acids is 1. The summed E-state index contributed by atoms with van der Waals surface area (Å²) < 4.78 is 5.17. The average Bonchev–Trinajstić information content (AvgIpc) is 2.69. The lowest BCUT2D eigenvalue weighted by molar-refractivity contribution is -0.132. The van der Waals surface area contributed by atoms with Gasteiger partial charge in [0.05, 0.1) is 13.7 Å². The Bertz CT molecular complexity index is 700. The van der Waals surface area contributed by atoms with Gasteiger partial charge in [0, 0.05) is 45.1 Å². The molecule has 0 unspecified atom stereocenters. The number of piperazine rings is 1. The first kappa shape index (κ1) is 18.1. The van der Waals surface area contributed by atoms with Crippen LogP contribution in [0.5, 0.6) is 5.75 Å². The van der Waals surface area contributed by atoms with Crippen molar-refractivity contribution in [2.24, 2.45) is 0 Å². The maximum Gasteiger partial charge on any atom is 0.236 e. The molecule has 1 aromatic heterocycles. The molecule has 1 aliphatic rings. The minimum absolute atomic E-state index is 0.162. The zero-order valence-corrected chi connectivity index (χ0v) is 15.3. The molecule has 138 valence electrons. The van der Waals surface area contributed by atoms with E-state index in [1.54, 1.807) is 19.5 Å². The lowest BCUT2D eigenvalue weighted by Crippen LogP contribution is -2.51. The number of nitrogens with zero attached hydrogens (tertiary/aromatic N) is 5. The normalized spacial score (nSPS) is 14.6. The number of hydrogen-bond acceptors (Lipinski definition) is 6. The molecule has 1 amide bonds. The van der Waals surface area contributed by atoms with Crippen molar-refractivity contribution in [1.29, 1.82) is 0 Å². The van der Waals surface area contributed by atoms with E-state index in [0.717, 1.165) is 36.9 Å². The van der Waals surface area contributed by atoms with Crippen LogP contribution in [-0.2, 0) is 11.3 Å². The summed E-state index contributed by atoms with van der Waals surface area (Å²) in [4.78, 5) is 27.2. The van der Waals surface area contributed by atoms with Crippen molar-refractivity contribution in [3.05, 3.63) is 48.3 Å². The van der Waals surface area contributed by atoms with Gasteiger partial charge in [-0.15, -0.1) is 0 Å². The summed E-state index contributed by atoms with van der Waals surface area (Å²) in [5, 5.41) is 0. The Hall–Kier alpha value is -2.67. The number of hydrogen-bond donors (Lipinski definition) is 0. The Balaban J connectivity index is 1.46.